The molecule has 1 amide bonds. The third kappa shape index (κ3) is 3.10. The van der Waals surface area contributed by atoms with Crippen molar-refractivity contribution in [1.82, 2.24) is 4.98 Å². The highest BCUT2D eigenvalue weighted by atomic mass is 32.1. The Labute approximate surface area is 137 Å². The van der Waals surface area contributed by atoms with E-state index in [4.69, 9.17) is 10.6 Å². The molecule has 0 atom stereocenters. The lowest BCUT2D eigenvalue weighted by Crippen LogP contribution is -2.11. The van der Waals surface area contributed by atoms with Crippen LogP contribution in [0.3, 0.4) is 0 Å². The van der Waals surface area contributed by atoms with Gasteiger partial charge in [-0.2, -0.15) is 0 Å². The highest BCUT2D eigenvalue weighted by Crippen LogP contribution is 2.30. The predicted molar refractivity (Wildman–Crippen MR) is 93.1 cm³/mol. The average Bonchev–Trinajstić information content (AvgIpc) is 2.98. The number of benzene rings is 2. The zero-order valence-electron chi connectivity index (χ0n) is 12.7. The van der Waals surface area contributed by atoms with Crippen LogP contribution >= 0.6 is 11.3 Å². The molecule has 6 nitrogen and oxygen atoms in total. The number of nitrogens with zero attached hydrogens (tertiary/aromatic N) is 1. The highest BCUT2D eigenvalue weighted by Gasteiger charge is 2.11. The van der Waals surface area contributed by atoms with Crippen LogP contribution in [0.1, 0.15) is 15.9 Å². The van der Waals surface area contributed by atoms with E-state index in [9.17, 15) is 4.79 Å². The molecule has 0 radical (unpaired) electrons. The molecule has 0 unspecified atom stereocenters. The number of ether oxygens (including phenoxy) is 1. The number of nitrogens with one attached hydrogen (secondary N) is 2. The predicted octanol–water partition coefficient (Wildman–Crippen LogP) is 3.15. The van der Waals surface area contributed by atoms with Crippen molar-refractivity contribution in [3.05, 3.63) is 47.5 Å². The average molecular weight is 328 g/mol. The normalized spacial score (nSPS) is 10.6. The third-order valence-electron chi connectivity index (χ3n) is 3.42. The van der Waals surface area contributed by atoms with Gasteiger partial charge >= 0.3 is 0 Å². The summed E-state index contributed by atoms with van der Waals surface area (Å²) in [6, 6.07) is 10.7. The molecule has 0 saturated heterocycles. The van der Waals surface area contributed by atoms with Gasteiger partial charge in [-0.1, -0.05) is 11.3 Å². The molecule has 0 aliphatic carbocycles. The number of amides is 1. The lowest BCUT2D eigenvalue weighted by atomic mass is 10.1. The van der Waals surface area contributed by atoms with Gasteiger partial charge in [-0.3, -0.25) is 10.2 Å². The number of nitrogen functional groups attached to an aromatic ring is 1. The molecule has 3 rings (SSSR count). The van der Waals surface area contributed by atoms with Crippen LogP contribution in [0.25, 0.3) is 10.2 Å². The van der Waals surface area contributed by atoms with Gasteiger partial charge in [0.15, 0.2) is 5.13 Å². The number of nitrogens with two attached hydrogens (primary N) is 1. The van der Waals surface area contributed by atoms with Crippen LogP contribution in [0.15, 0.2) is 36.4 Å². The zero-order chi connectivity index (χ0) is 16.4. The summed E-state index contributed by atoms with van der Waals surface area (Å²) in [6.07, 6.45) is 0. The van der Waals surface area contributed by atoms with Crippen molar-refractivity contribution < 1.29 is 9.53 Å². The maximum Gasteiger partial charge on any atom is 0.255 e. The number of hydrazine groups is 1. The van der Waals surface area contributed by atoms with Gasteiger partial charge in [0, 0.05) is 11.3 Å². The first-order chi connectivity index (χ1) is 11.1. The first kappa shape index (κ1) is 15.3. The van der Waals surface area contributed by atoms with E-state index in [0.717, 1.165) is 21.5 Å². The number of aromatic nitrogens is 1. The molecule has 0 saturated carbocycles. The number of hydrogen-bond donors (Lipinski definition) is 3. The van der Waals surface area contributed by atoms with Gasteiger partial charge < -0.3 is 10.1 Å². The summed E-state index contributed by atoms with van der Waals surface area (Å²) in [7, 11) is 1.59. The van der Waals surface area contributed by atoms with E-state index in [1.165, 1.54) is 11.3 Å². The van der Waals surface area contributed by atoms with Crippen molar-refractivity contribution in [2.24, 2.45) is 5.84 Å². The Morgan fingerprint density at radius 3 is 2.65 bits per heavy atom. The van der Waals surface area contributed by atoms with Crippen molar-refractivity contribution in [3.8, 4) is 5.75 Å². The summed E-state index contributed by atoms with van der Waals surface area (Å²) in [5, 5.41) is 3.54. The minimum atomic E-state index is -0.173. The van der Waals surface area contributed by atoms with Gasteiger partial charge in [0.25, 0.3) is 5.91 Å². The Balaban J connectivity index is 1.86. The fourth-order valence-corrected chi connectivity index (χ4v) is 3.17. The molecular weight excluding hydrogens is 312 g/mol. The first-order valence-corrected chi connectivity index (χ1v) is 7.75. The fourth-order valence-electron chi connectivity index (χ4n) is 2.28. The van der Waals surface area contributed by atoms with Crippen LogP contribution in [0, 0.1) is 6.92 Å². The summed E-state index contributed by atoms with van der Waals surface area (Å²) < 4.78 is 6.05. The number of fused-ring (bicyclic) bond motifs is 1. The second-order valence-corrected chi connectivity index (χ2v) is 6.02. The summed E-state index contributed by atoms with van der Waals surface area (Å²) >= 11 is 1.44. The maximum absolute atomic E-state index is 12.3. The number of thiazole rings is 1. The smallest absolute Gasteiger partial charge is 0.255 e. The Hall–Kier alpha value is -2.64. The molecule has 1 heterocycles. The number of carbonyl (C=O) groups excluding carboxylic acids is 1. The fraction of sp³-hybridized carbons (Fsp3) is 0.125. The first-order valence-electron chi connectivity index (χ1n) is 6.94. The molecule has 0 fully saturated rings. The minimum absolute atomic E-state index is 0.173. The van der Waals surface area contributed by atoms with Gasteiger partial charge in [0.1, 0.15) is 5.75 Å². The van der Waals surface area contributed by atoms with Crippen LogP contribution in [-0.4, -0.2) is 18.0 Å². The van der Waals surface area contributed by atoms with E-state index in [1.807, 2.05) is 19.1 Å². The summed E-state index contributed by atoms with van der Waals surface area (Å²) in [6.45, 7) is 1.95. The van der Waals surface area contributed by atoms with Crippen LogP contribution in [0.2, 0.25) is 0 Å². The number of rotatable bonds is 4. The molecule has 2 aromatic carbocycles. The summed E-state index contributed by atoms with van der Waals surface area (Å²) in [4.78, 5) is 16.7. The van der Waals surface area contributed by atoms with Gasteiger partial charge in [-0.05, 0) is 48.9 Å². The largest absolute Gasteiger partial charge is 0.497 e. The lowest BCUT2D eigenvalue weighted by molar-refractivity contribution is 0.102. The molecule has 4 N–H and O–H groups in total. The Kier molecular flexibility index (Phi) is 4.14. The number of anilines is 2. The quantitative estimate of drug-likeness (QED) is 0.506. The summed E-state index contributed by atoms with van der Waals surface area (Å²) in [5.41, 5.74) is 5.70. The van der Waals surface area contributed by atoms with Crippen molar-refractivity contribution in [1.29, 1.82) is 0 Å². The number of methoxy groups -OCH3 is 1. The van der Waals surface area contributed by atoms with Crippen molar-refractivity contribution >= 4 is 38.3 Å². The van der Waals surface area contributed by atoms with E-state index < -0.39 is 0 Å². The number of hydrogen-bond acceptors (Lipinski definition) is 6. The Bertz CT molecular complexity index is 858. The lowest BCUT2D eigenvalue weighted by Gasteiger charge is -2.07. The third-order valence-corrected chi connectivity index (χ3v) is 4.35. The SMILES string of the molecule is COc1ccc(C(=O)Nc2cc(C)c3nc(NN)sc3c2)cc1. The second-order valence-electron chi connectivity index (χ2n) is 4.99. The summed E-state index contributed by atoms with van der Waals surface area (Å²) in [5.74, 6) is 5.94. The van der Waals surface area contributed by atoms with Crippen molar-refractivity contribution in [2.75, 3.05) is 17.9 Å². The van der Waals surface area contributed by atoms with Gasteiger partial charge in [-0.25, -0.2) is 10.8 Å². The topological polar surface area (TPSA) is 89.3 Å². The minimum Gasteiger partial charge on any atom is -0.497 e. The molecule has 1 aromatic heterocycles. The second kappa shape index (κ2) is 6.23. The molecule has 0 bridgehead atoms. The number of aryl methyl sites for hydroxylation is 1. The zero-order valence-corrected chi connectivity index (χ0v) is 13.5. The Morgan fingerprint density at radius 2 is 2.00 bits per heavy atom. The van der Waals surface area contributed by atoms with Crippen LogP contribution < -0.4 is 21.3 Å². The molecule has 0 spiro atoms. The highest BCUT2D eigenvalue weighted by molar-refractivity contribution is 7.22. The van der Waals surface area contributed by atoms with Crippen molar-refractivity contribution in [3.63, 3.8) is 0 Å². The Morgan fingerprint density at radius 1 is 1.26 bits per heavy atom. The molecule has 23 heavy (non-hydrogen) atoms. The van der Waals surface area contributed by atoms with Gasteiger partial charge in [0.05, 0.1) is 17.3 Å². The van der Waals surface area contributed by atoms with Crippen LogP contribution in [0.4, 0.5) is 10.8 Å². The maximum atomic E-state index is 12.3. The van der Waals surface area contributed by atoms with E-state index in [0.29, 0.717) is 16.4 Å². The van der Waals surface area contributed by atoms with E-state index in [1.54, 1.807) is 31.4 Å². The molecule has 3 aromatic rings. The molecular formula is C16H16N4O2S. The monoisotopic (exact) mass is 328 g/mol. The molecule has 0 aliphatic heterocycles. The van der Waals surface area contributed by atoms with Crippen LogP contribution in [0.5, 0.6) is 5.75 Å². The van der Waals surface area contributed by atoms with Crippen molar-refractivity contribution in [2.45, 2.75) is 6.92 Å². The van der Waals surface area contributed by atoms with E-state index in [2.05, 4.69) is 15.7 Å². The molecule has 7 heteroatoms. The molecule has 118 valence electrons. The van der Waals surface area contributed by atoms with Crippen LogP contribution in [-0.2, 0) is 0 Å². The van der Waals surface area contributed by atoms with E-state index >= 15 is 0 Å². The van der Waals surface area contributed by atoms with E-state index in [-0.39, 0.29) is 5.91 Å². The van der Waals surface area contributed by atoms with Gasteiger partial charge in [-0.15, -0.1) is 0 Å². The number of carbonyl (C=O) groups is 1. The van der Waals surface area contributed by atoms with Gasteiger partial charge in [0.2, 0.25) is 0 Å². The standard InChI is InChI=1S/C16H16N4O2S/c1-9-7-11(8-13-14(9)19-16(20-17)23-13)18-15(21)10-3-5-12(22-2)6-4-10/h3-8H,17H2,1-2H3,(H,18,21)(H,19,20). The molecule has 0 aliphatic rings.